The van der Waals surface area contributed by atoms with Gasteiger partial charge in [0.25, 0.3) is 0 Å². The van der Waals surface area contributed by atoms with Gasteiger partial charge in [0.05, 0.1) is 6.07 Å². The Balaban J connectivity index is 2.99. The minimum absolute atomic E-state index is 0.140. The maximum atomic E-state index is 11.1. The largest absolute Gasteiger partial charge is 0.508 e. The Morgan fingerprint density at radius 1 is 1.47 bits per heavy atom. The number of phenolic OH excluding ortho intramolecular Hbond substituents is 1. The SMILES string of the molecule is CC(=O)N(C)C(C#N)c1ccc(O)cc1. The van der Waals surface area contributed by atoms with Gasteiger partial charge in [-0.15, -0.1) is 0 Å². The Morgan fingerprint density at radius 3 is 2.40 bits per heavy atom. The quantitative estimate of drug-likeness (QED) is 0.792. The van der Waals surface area contributed by atoms with Crippen molar-refractivity contribution < 1.29 is 9.90 Å². The van der Waals surface area contributed by atoms with Crippen molar-refractivity contribution in [3.63, 3.8) is 0 Å². The van der Waals surface area contributed by atoms with Crippen LogP contribution < -0.4 is 0 Å². The molecule has 0 aliphatic carbocycles. The van der Waals surface area contributed by atoms with Crippen LogP contribution in [-0.4, -0.2) is 23.0 Å². The summed E-state index contributed by atoms with van der Waals surface area (Å²) in [4.78, 5) is 12.5. The van der Waals surface area contributed by atoms with Gasteiger partial charge in [0.1, 0.15) is 11.8 Å². The lowest BCUT2D eigenvalue weighted by Crippen LogP contribution is -2.28. The molecule has 1 amide bonds. The fourth-order valence-electron chi connectivity index (χ4n) is 1.22. The summed E-state index contributed by atoms with van der Waals surface area (Å²) in [5, 5.41) is 18.1. The number of aromatic hydroxyl groups is 1. The molecule has 0 fully saturated rings. The van der Waals surface area contributed by atoms with E-state index < -0.39 is 6.04 Å². The maximum Gasteiger partial charge on any atom is 0.220 e. The van der Waals surface area contributed by atoms with Crippen LogP contribution in [0.15, 0.2) is 24.3 Å². The lowest BCUT2D eigenvalue weighted by Gasteiger charge is -2.21. The van der Waals surface area contributed by atoms with Gasteiger partial charge in [-0.1, -0.05) is 12.1 Å². The molecule has 0 spiro atoms. The molecule has 0 heterocycles. The third-order valence-corrected chi connectivity index (χ3v) is 2.22. The average molecular weight is 204 g/mol. The van der Waals surface area contributed by atoms with Gasteiger partial charge in [-0.2, -0.15) is 5.26 Å². The highest BCUT2D eigenvalue weighted by atomic mass is 16.3. The molecule has 4 heteroatoms. The van der Waals surface area contributed by atoms with Gasteiger partial charge in [-0.05, 0) is 17.7 Å². The van der Waals surface area contributed by atoms with Gasteiger partial charge < -0.3 is 10.0 Å². The number of nitriles is 1. The predicted octanol–water partition coefficient (Wildman–Crippen LogP) is 1.44. The Bertz CT molecular complexity index is 392. The number of benzene rings is 1. The molecule has 0 aliphatic rings. The van der Waals surface area contributed by atoms with Crippen molar-refractivity contribution in [1.82, 2.24) is 4.90 Å². The number of hydrogen-bond acceptors (Lipinski definition) is 3. The fourth-order valence-corrected chi connectivity index (χ4v) is 1.22. The van der Waals surface area contributed by atoms with Gasteiger partial charge in [0, 0.05) is 14.0 Å². The molecule has 1 aromatic rings. The molecule has 0 saturated heterocycles. The molecule has 15 heavy (non-hydrogen) atoms. The summed E-state index contributed by atoms with van der Waals surface area (Å²) >= 11 is 0. The molecule has 1 aromatic carbocycles. The fraction of sp³-hybridized carbons (Fsp3) is 0.273. The molecule has 1 rings (SSSR count). The number of nitrogens with zero attached hydrogens (tertiary/aromatic N) is 2. The zero-order valence-electron chi connectivity index (χ0n) is 8.64. The lowest BCUT2D eigenvalue weighted by atomic mass is 10.1. The molecule has 78 valence electrons. The van der Waals surface area contributed by atoms with Crippen molar-refractivity contribution in [3.8, 4) is 11.8 Å². The molecule has 0 saturated carbocycles. The standard InChI is InChI=1S/C11H12N2O2/c1-8(14)13(2)11(7-12)9-3-5-10(15)6-4-9/h3-6,11,15H,1-2H3. The van der Waals surface area contributed by atoms with Crippen LogP contribution in [0.3, 0.4) is 0 Å². The lowest BCUT2D eigenvalue weighted by molar-refractivity contribution is -0.128. The predicted molar refractivity (Wildman–Crippen MR) is 54.9 cm³/mol. The molecular formula is C11H12N2O2. The van der Waals surface area contributed by atoms with Crippen molar-refractivity contribution in [1.29, 1.82) is 5.26 Å². The first-order valence-electron chi connectivity index (χ1n) is 4.48. The molecule has 0 aromatic heterocycles. The summed E-state index contributed by atoms with van der Waals surface area (Å²) in [6.45, 7) is 1.41. The smallest absolute Gasteiger partial charge is 0.220 e. The second-order valence-corrected chi connectivity index (χ2v) is 3.25. The molecular weight excluding hydrogens is 192 g/mol. The molecule has 0 radical (unpaired) electrons. The highest BCUT2D eigenvalue weighted by Crippen LogP contribution is 2.20. The normalized spacial score (nSPS) is 11.5. The highest BCUT2D eigenvalue weighted by molar-refractivity contribution is 5.73. The van der Waals surface area contributed by atoms with Crippen LogP contribution in [0.25, 0.3) is 0 Å². The number of hydrogen-bond donors (Lipinski definition) is 1. The Labute approximate surface area is 88.4 Å². The van der Waals surface area contributed by atoms with Crippen molar-refractivity contribution in [2.75, 3.05) is 7.05 Å². The minimum atomic E-state index is -0.608. The van der Waals surface area contributed by atoms with Crippen LogP contribution in [0.2, 0.25) is 0 Å². The van der Waals surface area contributed by atoms with Crippen LogP contribution in [0.5, 0.6) is 5.75 Å². The van der Waals surface area contributed by atoms with Gasteiger partial charge >= 0.3 is 0 Å². The van der Waals surface area contributed by atoms with Gasteiger partial charge in [-0.25, -0.2) is 0 Å². The molecule has 1 unspecified atom stereocenters. The summed E-state index contributed by atoms with van der Waals surface area (Å²) in [6.07, 6.45) is 0. The van der Waals surface area contributed by atoms with E-state index in [0.29, 0.717) is 5.56 Å². The number of carbonyl (C=O) groups excluding carboxylic acids is 1. The van der Waals surface area contributed by atoms with Crippen LogP contribution >= 0.6 is 0 Å². The Hall–Kier alpha value is -2.02. The van der Waals surface area contributed by atoms with Crippen molar-refractivity contribution in [3.05, 3.63) is 29.8 Å². The second-order valence-electron chi connectivity index (χ2n) is 3.25. The van der Waals surface area contributed by atoms with E-state index in [1.807, 2.05) is 6.07 Å². The maximum absolute atomic E-state index is 11.1. The summed E-state index contributed by atoms with van der Waals surface area (Å²) in [5.41, 5.74) is 0.688. The van der Waals surface area contributed by atoms with E-state index in [-0.39, 0.29) is 11.7 Å². The average Bonchev–Trinajstić information content (AvgIpc) is 2.21. The molecule has 4 nitrogen and oxygen atoms in total. The highest BCUT2D eigenvalue weighted by Gasteiger charge is 2.18. The zero-order chi connectivity index (χ0) is 11.4. The first-order chi connectivity index (χ1) is 7.06. The van der Waals surface area contributed by atoms with E-state index in [4.69, 9.17) is 10.4 Å². The van der Waals surface area contributed by atoms with Gasteiger partial charge in [0.15, 0.2) is 0 Å². The second kappa shape index (κ2) is 4.47. The Kier molecular flexibility index (Phi) is 3.29. The monoisotopic (exact) mass is 204 g/mol. The number of phenols is 1. The summed E-state index contributed by atoms with van der Waals surface area (Å²) < 4.78 is 0. The van der Waals surface area contributed by atoms with Crippen molar-refractivity contribution in [2.24, 2.45) is 0 Å². The van der Waals surface area contributed by atoms with Crippen molar-refractivity contribution >= 4 is 5.91 Å². The first kappa shape index (κ1) is 11.1. The third kappa shape index (κ3) is 2.47. The van der Waals surface area contributed by atoms with E-state index in [0.717, 1.165) is 0 Å². The van der Waals surface area contributed by atoms with Crippen LogP contribution in [0.1, 0.15) is 18.5 Å². The van der Waals surface area contributed by atoms with E-state index in [2.05, 4.69) is 0 Å². The molecule has 0 bridgehead atoms. The minimum Gasteiger partial charge on any atom is -0.508 e. The topological polar surface area (TPSA) is 64.3 Å². The van der Waals surface area contributed by atoms with Crippen LogP contribution in [0, 0.1) is 11.3 Å². The molecule has 1 N–H and O–H groups in total. The summed E-state index contributed by atoms with van der Waals surface area (Å²) in [7, 11) is 1.57. The van der Waals surface area contributed by atoms with Crippen molar-refractivity contribution in [2.45, 2.75) is 13.0 Å². The van der Waals surface area contributed by atoms with Crippen LogP contribution in [0.4, 0.5) is 0 Å². The summed E-state index contributed by atoms with van der Waals surface area (Å²) in [6, 6.07) is 7.68. The van der Waals surface area contributed by atoms with E-state index in [1.165, 1.54) is 24.0 Å². The summed E-state index contributed by atoms with van der Waals surface area (Å²) in [5.74, 6) is -0.0319. The number of carbonyl (C=O) groups is 1. The van der Waals surface area contributed by atoms with E-state index in [1.54, 1.807) is 19.2 Å². The molecule has 1 atom stereocenters. The van der Waals surface area contributed by atoms with E-state index in [9.17, 15) is 4.79 Å². The first-order valence-corrected chi connectivity index (χ1v) is 4.48. The van der Waals surface area contributed by atoms with Gasteiger partial charge in [-0.3, -0.25) is 4.79 Å². The zero-order valence-corrected chi connectivity index (χ0v) is 8.64. The molecule has 0 aliphatic heterocycles. The van der Waals surface area contributed by atoms with Crippen LogP contribution in [-0.2, 0) is 4.79 Å². The Morgan fingerprint density at radius 2 is 2.00 bits per heavy atom. The third-order valence-electron chi connectivity index (χ3n) is 2.22. The number of rotatable bonds is 2. The number of amides is 1. The van der Waals surface area contributed by atoms with Gasteiger partial charge in [0.2, 0.25) is 5.91 Å². The van der Waals surface area contributed by atoms with E-state index >= 15 is 0 Å².